The molecule has 0 unspecified atom stereocenters. The van der Waals surface area contributed by atoms with Crippen molar-refractivity contribution >= 4 is 41.2 Å². The van der Waals surface area contributed by atoms with Crippen molar-refractivity contribution in [2.45, 2.75) is 27.3 Å². The van der Waals surface area contributed by atoms with Gasteiger partial charge in [-0.3, -0.25) is 14.5 Å². The van der Waals surface area contributed by atoms with Crippen LogP contribution in [-0.2, 0) is 16.1 Å². The van der Waals surface area contributed by atoms with E-state index < -0.39 is 11.9 Å². The van der Waals surface area contributed by atoms with Crippen molar-refractivity contribution in [1.82, 2.24) is 10.2 Å². The summed E-state index contributed by atoms with van der Waals surface area (Å²) < 4.78 is 11.4. The summed E-state index contributed by atoms with van der Waals surface area (Å²) in [5.41, 5.74) is 4.27. The first-order valence-electron chi connectivity index (χ1n) is 12.1. The number of urea groups is 1. The number of aryl methyl sites for hydroxylation is 2. The number of nitrogens with zero attached hydrogens (tertiary/aromatic N) is 1. The lowest BCUT2D eigenvalue weighted by atomic mass is 10.1. The van der Waals surface area contributed by atoms with E-state index in [1.807, 2.05) is 50.2 Å². The van der Waals surface area contributed by atoms with Crippen LogP contribution in [-0.4, -0.2) is 36.0 Å². The van der Waals surface area contributed by atoms with Crippen LogP contribution in [0.5, 0.6) is 11.5 Å². The molecule has 9 heteroatoms. The van der Waals surface area contributed by atoms with Crippen molar-refractivity contribution in [1.29, 1.82) is 0 Å². The Labute approximate surface area is 226 Å². The Kier molecular flexibility index (Phi) is 8.33. The maximum Gasteiger partial charge on any atom is 0.329 e. The average Bonchev–Trinajstić information content (AvgIpc) is 3.12. The number of imide groups is 1. The van der Waals surface area contributed by atoms with E-state index in [-0.39, 0.29) is 35.5 Å². The standard InChI is InChI=1S/C29H28ClN3O5/c1-4-37-25-15-21(13-23(30)27(25)38-17-26(34)31-22-10-8-18(2)9-11-22)14-24-28(35)33(29(36)32-24)16-20-7-5-6-19(3)12-20/h5-15H,4,16-17H2,1-3H3,(H,31,34)(H,32,36)/b24-14+. The van der Waals surface area contributed by atoms with Crippen LogP contribution in [0.15, 0.2) is 66.4 Å². The predicted octanol–water partition coefficient (Wildman–Crippen LogP) is 5.47. The minimum absolute atomic E-state index is 0.118. The Hall–Kier alpha value is -4.30. The molecule has 0 aromatic heterocycles. The van der Waals surface area contributed by atoms with Crippen LogP contribution < -0.4 is 20.1 Å². The number of hydrogen-bond donors (Lipinski definition) is 2. The van der Waals surface area contributed by atoms with Gasteiger partial charge in [-0.1, -0.05) is 59.1 Å². The summed E-state index contributed by atoms with van der Waals surface area (Å²) in [4.78, 5) is 39.0. The Balaban J connectivity index is 1.48. The maximum atomic E-state index is 13.0. The molecule has 38 heavy (non-hydrogen) atoms. The quantitative estimate of drug-likeness (QED) is 0.281. The molecule has 1 aliphatic rings. The van der Waals surface area contributed by atoms with Gasteiger partial charge < -0.3 is 20.1 Å². The highest BCUT2D eigenvalue weighted by Gasteiger charge is 2.33. The molecule has 0 atom stereocenters. The van der Waals surface area contributed by atoms with E-state index in [0.29, 0.717) is 23.6 Å². The molecule has 3 aromatic carbocycles. The molecule has 0 bridgehead atoms. The van der Waals surface area contributed by atoms with Gasteiger partial charge in [0.1, 0.15) is 5.70 Å². The van der Waals surface area contributed by atoms with Gasteiger partial charge in [-0.25, -0.2) is 4.79 Å². The molecule has 0 saturated carbocycles. The van der Waals surface area contributed by atoms with E-state index in [9.17, 15) is 14.4 Å². The summed E-state index contributed by atoms with van der Waals surface area (Å²) in [6.45, 7) is 5.91. The molecule has 2 N–H and O–H groups in total. The Morgan fingerprint density at radius 2 is 1.79 bits per heavy atom. The van der Waals surface area contributed by atoms with Gasteiger partial charge in [0.15, 0.2) is 18.1 Å². The number of ether oxygens (including phenoxy) is 2. The van der Waals surface area contributed by atoms with Crippen LogP contribution in [0.2, 0.25) is 5.02 Å². The molecule has 196 valence electrons. The monoisotopic (exact) mass is 533 g/mol. The Bertz CT molecular complexity index is 1400. The number of nitrogens with one attached hydrogen (secondary N) is 2. The van der Waals surface area contributed by atoms with Gasteiger partial charge >= 0.3 is 6.03 Å². The van der Waals surface area contributed by atoms with Gasteiger partial charge in [0.25, 0.3) is 11.8 Å². The molecule has 8 nitrogen and oxygen atoms in total. The second-order valence-corrected chi connectivity index (χ2v) is 9.24. The molecular weight excluding hydrogens is 506 g/mol. The second kappa shape index (κ2) is 11.8. The Morgan fingerprint density at radius 1 is 1.03 bits per heavy atom. The molecule has 3 aromatic rings. The highest BCUT2D eigenvalue weighted by molar-refractivity contribution is 6.32. The molecule has 0 spiro atoms. The van der Waals surface area contributed by atoms with E-state index >= 15 is 0 Å². The van der Waals surface area contributed by atoms with E-state index in [4.69, 9.17) is 21.1 Å². The van der Waals surface area contributed by atoms with Gasteiger partial charge in [0.2, 0.25) is 0 Å². The first-order valence-corrected chi connectivity index (χ1v) is 12.5. The molecule has 1 aliphatic heterocycles. The van der Waals surface area contributed by atoms with E-state index in [1.165, 1.54) is 6.08 Å². The summed E-state index contributed by atoms with van der Waals surface area (Å²) >= 11 is 6.48. The van der Waals surface area contributed by atoms with Crippen LogP contribution in [0, 0.1) is 13.8 Å². The molecule has 0 aliphatic carbocycles. The normalized spacial score (nSPS) is 14.0. The fraction of sp³-hybridized carbons (Fsp3) is 0.207. The maximum absolute atomic E-state index is 13.0. The molecule has 4 amide bonds. The highest BCUT2D eigenvalue weighted by Crippen LogP contribution is 2.37. The summed E-state index contributed by atoms with van der Waals surface area (Å²) in [6.07, 6.45) is 1.53. The zero-order valence-corrected chi connectivity index (χ0v) is 22.1. The lowest BCUT2D eigenvalue weighted by Crippen LogP contribution is -2.30. The van der Waals surface area contributed by atoms with Crippen LogP contribution in [0.25, 0.3) is 6.08 Å². The van der Waals surface area contributed by atoms with Gasteiger partial charge in [-0.15, -0.1) is 0 Å². The molecule has 1 saturated heterocycles. The smallest absolute Gasteiger partial charge is 0.329 e. The number of halogens is 1. The third-order valence-electron chi connectivity index (χ3n) is 5.71. The van der Waals surface area contributed by atoms with E-state index in [2.05, 4.69) is 10.6 Å². The number of hydrogen-bond acceptors (Lipinski definition) is 5. The van der Waals surface area contributed by atoms with Crippen molar-refractivity contribution in [2.24, 2.45) is 0 Å². The molecular formula is C29H28ClN3O5. The zero-order chi connectivity index (χ0) is 27.2. The van der Waals surface area contributed by atoms with Crippen LogP contribution >= 0.6 is 11.6 Å². The van der Waals surface area contributed by atoms with Crippen molar-refractivity contribution in [3.8, 4) is 11.5 Å². The van der Waals surface area contributed by atoms with Gasteiger partial charge in [-0.05, 0) is 62.2 Å². The number of benzene rings is 3. The summed E-state index contributed by atoms with van der Waals surface area (Å²) in [6, 6.07) is 17.7. The number of carbonyl (C=O) groups excluding carboxylic acids is 3. The SMILES string of the molecule is CCOc1cc(/C=C2/NC(=O)N(Cc3cccc(C)c3)C2=O)cc(Cl)c1OCC(=O)Nc1ccc(C)cc1. The van der Waals surface area contributed by atoms with Crippen molar-refractivity contribution in [2.75, 3.05) is 18.5 Å². The fourth-order valence-electron chi connectivity index (χ4n) is 3.92. The van der Waals surface area contributed by atoms with Gasteiger partial charge in [0, 0.05) is 5.69 Å². The second-order valence-electron chi connectivity index (χ2n) is 8.83. The number of amides is 4. The third-order valence-corrected chi connectivity index (χ3v) is 5.99. The average molecular weight is 534 g/mol. The first kappa shape index (κ1) is 26.8. The number of carbonyl (C=O) groups is 3. The highest BCUT2D eigenvalue weighted by atomic mass is 35.5. The van der Waals surface area contributed by atoms with Gasteiger partial charge in [-0.2, -0.15) is 0 Å². The first-order chi connectivity index (χ1) is 18.2. The van der Waals surface area contributed by atoms with Crippen molar-refractivity contribution in [3.63, 3.8) is 0 Å². The van der Waals surface area contributed by atoms with Crippen molar-refractivity contribution < 1.29 is 23.9 Å². The summed E-state index contributed by atoms with van der Waals surface area (Å²) in [5.74, 6) is -0.286. The number of rotatable bonds is 9. The molecule has 1 heterocycles. The van der Waals surface area contributed by atoms with E-state index in [0.717, 1.165) is 21.6 Å². The van der Waals surface area contributed by atoms with Gasteiger partial charge in [0.05, 0.1) is 18.2 Å². The van der Waals surface area contributed by atoms with Crippen LogP contribution in [0.3, 0.4) is 0 Å². The number of anilines is 1. The summed E-state index contributed by atoms with van der Waals surface area (Å²) in [7, 11) is 0. The minimum atomic E-state index is -0.501. The predicted molar refractivity (Wildman–Crippen MR) is 146 cm³/mol. The van der Waals surface area contributed by atoms with Crippen molar-refractivity contribution in [3.05, 3.63) is 93.6 Å². The van der Waals surface area contributed by atoms with E-state index in [1.54, 1.807) is 31.2 Å². The molecule has 0 radical (unpaired) electrons. The fourth-order valence-corrected chi connectivity index (χ4v) is 4.19. The summed E-state index contributed by atoms with van der Waals surface area (Å²) in [5, 5.41) is 5.58. The van der Waals surface area contributed by atoms with Crippen LogP contribution in [0.4, 0.5) is 10.5 Å². The lowest BCUT2D eigenvalue weighted by Gasteiger charge is -2.15. The zero-order valence-electron chi connectivity index (χ0n) is 21.3. The molecule has 4 rings (SSSR count). The lowest BCUT2D eigenvalue weighted by molar-refractivity contribution is -0.123. The topological polar surface area (TPSA) is 97.0 Å². The minimum Gasteiger partial charge on any atom is -0.490 e. The largest absolute Gasteiger partial charge is 0.490 e. The molecule has 1 fully saturated rings. The third kappa shape index (κ3) is 6.52. The van der Waals surface area contributed by atoms with Crippen LogP contribution in [0.1, 0.15) is 29.2 Å². The Morgan fingerprint density at radius 3 is 2.50 bits per heavy atom.